The van der Waals surface area contributed by atoms with Crippen molar-refractivity contribution in [2.75, 3.05) is 13.1 Å². The molecule has 0 aliphatic carbocycles. The van der Waals surface area contributed by atoms with E-state index in [1.165, 1.54) is 16.0 Å². The SMILES string of the molecule is Cc1cccc(C[NH+]2CCC(C(=O)[O-])CC2)c1. The molecule has 0 atom stereocenters. The lowest BCUT2D eigenvalue weighted by molar-refractivity contribution is -0.919. The zero-order valence-electron chi connectivity index (χ0n) is 10.2. The van der Waals surface area contributed by atoms with Gasteiger partial charge in [-0.2, -0.15) is 0 Å². The van der Waals surface area contributed by atoms with Gasteiger partial charge in [0.25, 0.3) is 0 Å². The maximum absolute atomic E-state index is 10.7. The number of likely N-dealkylation sites (tertiary alicyclic amines) is 1. The molecule has 0 aromatic heterocycles. The molecule has 1 aliphatic heterocycles. The van der Waals surface area contributed by atoms with Gasteiger partial charge in [-0.3, -0.25) is 0 Å². The molecule has 0 amide bonds. The highest BCUT2D eigenvalue weighted by molar-refractivity contribution is 5.67. The van der Waals surface area contributed by atoms with E-state index >= 15 is 0 Å². The number of carboxylic acid groups (broad SMARTS) is 1. The highest BCUT2D eigenvalue weighted by Crippen LogP contribution is 2.09. The first-order valence-corrected chi connectivity index (χ1v) is 6.25. The second-order valence-corrected chi connectivity index (χ2v) is 5.01. The molecule has 1 fully saturated rings. The average molecular weight is 233 g/mol. The molecule has 1 N–H and O–H groups in total. The van der Waals surface area contributed by atoms with Crippen LogP contribution in [0.25, 0.3) is 0 Å². The minimum absolute atomic E-state index is 0.226. The predicted molar refractivity (Wildman–Crippen MR) is 63.3 cm³/mol. The minimum Gasteiger partial charge on any atom is -0.550 e. The number of carbonyl (C=O) groups is 1. The van der Waals surface area contributed by atoms with Crippen LogP contribution in [0.3, 0.4) is 0 Å². The quantitative estimate of drug-likeness (QED) is 0.768. The van der Waals surface area contributed by atoms with Crippen molar-refractivity contribution in [3.63, 3.8) is 0 Å². The van der Waals surface area contributed by atoms with Crippen LogP contribution in [0.5, 0.6) is 0 Å². The third kappa shape index (κ3) is 3.30. The van der Waals surface area contributed by atoms with E-state index in [1.54, 1.807) is 0 Å². The molecule has 0 bridgehead atoms. The fourth-order valence-corrected chi connectivity index (χ4v) is 2.55. The maximum atomic E-state index is 10.7. The smallest absolute Gasteiger partial charge is 0.103 e. The lowest BCUT2D eigenvalue weighted by Crippen LogP contribution is -3.11. The highest BCUT2D eigenvalue weighted by Gasteiger charge is 2.22. The zero-order chi connectivity index (χ0) is 12.3. The number of rotatable bonds is 3. The third-order valence-corrected chi connectivity index (χ3v) is 3.56. The van der Waals surface area contributed by atoms with E-state index < -0.39 is 5.97 Å². The fraction of sp³-hybridized carbons (Fsp3) is 0.500. The van der Waals surface area contributed by atoms with Crippen molar-refractivity contribution in [1.29, 1.82) is 0 Å². The Hall–Kier alpha value is -1.35. The second-order valence-electron chi connectivity index (χ2n) is 5.01. The lowest BCUT2D eigenvalue weighted by Gasteiger charge is -2.29. The van der Waals surface area contributed by atoms with Gasteiger partial charge in [0, 0.05) is 30.3 Å². The number of hydrogen-bond acceptors (Lipinski definition) is 2. The van der Waals surface area contributed by atoms with Gasteiger partial charge < -0.3 is 14.8 Å². The largest absolute Gasteiger partial charge is 0.550 e. The van der Waals surface area contributed by atoms with E-state index in [0.29, 0.717) is 0 Å². The summed E-state index contributed by atoms with van der Waals surface area (Å²) in [6.07, 6.45) is 1.51. The van der Waals surface area contributed by atoms with Gasteiger partial charge in [-0.1, -0.05) is 29.8 Å². The summed E-state index contributed by atoms with van der Waals surface area (Å²) in [6.45, 7) is 4.97. The maximum Gasteiger partial charge on any atom is 0.103 e. The van der Waals surface area contributed by atoms with Crippen LogP contribution >= 0.6 is 0 Å². The molecule has 2 rings (SSSR count). The zero-order valence-corrected chi connectivity index (χ0v) is 10.2. The Bertz CT molecular complexity index is 395. The van der Waals surface area contributed by atoms with Crippen LogP contribution < -0.4 is 10.0 Å². The highest BCUT2D eigenvalue weighted by atomic mass is 16.4. The monoisotopic (exact) mass is 233 g/mol. The van der Waals surface area contributed by atoms with Gasteiger partial charge in [-0.15, -0.1) is 0 Å². The van der Waals surface area contributed by atoms with Crippen LogP contribution in [0, 0.1) is 12.8 Å². The number of carboxylic acids is 1. The van der Waals surface area contributed by atoms with Crippen molar-refractivity contribution in [2.45, 2.75) is 26.3 Å². The molecular formula is C14H19NO2. The summed E-state index contributed by atoms with van der Waals surface area (Å²) >= 11 is 0. The van der Waals surface area contributed by atoms with E-state index in [2.05, 4.69) is 31.2 Å². The normalized spacial score (nSPS) is 24.5. The molecule has 1 aliphatic rings. The number of nitrogens with one attached hydrogen (secondary N) is 1. The molecule has 1 saturated heterocycles. The van der Waals surface area contributed by atoms with Crippen molar-refractivity contribution < 1.29 is 14.8 Å². The van der Waals surface area contributed by atoms with Gasteiger partial charge >= 0.3 is 0 Å². The second kappa shape index (κ2) is 5.32. The molecule has 17 heavy (non-hydrogen) atoms. The van der Waals surface area contributed by atoms with Crippen molar-refractivity contribution in [1.82, 2.24) is 0 Å². The summed E-state index contributed by atoms with van der Waals surface area (Å²) in [6, 6.07) is 8.53. The molecule has 3 heteroatoms. The van der Waals surface area contributed by atoms with E-state index in [0.717, 1.165) is 32.5 Å². The van der Waals surface area contributed by atoms with Gasteiger partial charge in [0.15, 0.2) is 0 Å². The van der Waals surface area contributed by atoms with Crippen LogP contribution in [0.1, 0.15) is 24.0 Å². The summed E-state index contributed by atoms with van der Waals surface area (Å²) in [5.74, 6) is -1.10. The van der Waals surface area contributed by atoms with E-state index in [9.17, 15) is 9.90 Å². The molecule has 0 unspecified atom stereocenters. The minimum atomic E-state index is -0.875. The molecule has 0 radical (unpaired) electrons. The standard InChI is InChI=1S/C14H19NO2/c1-11-3-2-4-12(9-11)10-15-7-5-13(6-8-15)14(16)17/h2-4,9,13H,5-8,10H2,1H3,(H,16,17). The van der Waals surface area contributed by atoms with Gasteiger partial charge in [-0.25, -0.2) is 0 Å². The predicted octanol–water partition coefficient (Wildman–Crippen LogP) is -0.460. The Morgan fingerprint density at radius 3 is 2.71 bits per heavy atom. The number of piperidine rings is 1. The Balaban J connectivity index is 1.88. The van der Waals surface area contributed by atoms with Gasteiger partial charge in [-0.05, 0) is 6.92 Å². The summed E-state index contributed by atoms with van der Waals surface area (Å²) in [7, 11) is 0. The average Bonchev–Trinajstić information content (AvgIpc) is 2.29. The first kappa shape index (κ1) is 12.1. The summed E-state index contributed by atoms with van der Waals surface area (Å²) in [5.41, 5.74) is 2.62. The summed E-state index contributed by atoms with van der Waals surface area (Å²) < 4.78 is 0. The number of carbonyl (C=O) groups excluding carboxylic acids is 1. The van der Waals surface area contributed by atoms with Crippen LogP contribution in [-0.4, -0.2) is 19.1 Å². The number of aryl methyl sites for hydroxylation is 1. The Kier molecular flexibility index (Phi) is 3.79. The molecule has 1 aromatic rings. The summed E-state index contributed by atoms with van der Waals surface area (Å²) in [4.78, 5) is 12.2. The molecule has 92 valence electrons. The number of hydrogen-bond donors (Lipinski definition) is 1. The van der Waals surface area contributed by atoms with Gasteiger partial charge in [0.1, 0.15) is 6.54 Å². The topological polar surface area (TPSA) is 44.6 Å². The molecule has 0 spiro atoms. The summed E-state index contributed by atoms with van der Waals surface area (Å²) in [5, 5.41) is 10.7. The first-order chi connectivity index (χ1) is 8.15. The van der Waals surface area contributed by atoms with Gasteiger partial charge in [0.05, 0.1) is 13.1 Å². The number of benzene rings is 1. The molecular weight excluding hydrogens is 214 g/mol. The molecule has 1 aromatic carbocycles. The van der Waals surface area contributed by atoms with E-state index in [4.69, 9.17) is 0 Å². The van der Waals surface area contributed by atoms with Crippen molar-refractivity contribution in [3.05, 3.63) is 35.4 Å². The first-order valence-electron chi connectivity index (χ1n) is 6.25. The van der Waals surface area contributed by atoms with Crippen LogP contribution in [0.2, 0.25) is 0 Å². The Labute approximate surface area is 102 Å². The van der Waals surface area contributed by atoms with E-state index in [-0.39, 0.29) is 5.92 Å². The van der Waals surface area contributed by atoms with E-state index in [1.807, 2.05) is 0 Å². The molecule has 0 saturated carbocycles. The number of quaternary nitrogens is 1. The Morgan fingerprint density at radius 1 is 1.41 bits per heavy atom. The van der Waals surface area contributed by atoms with Crippen molar-refractivity contribution in [2.24, 2.45) is 5.92 Å². The Morgan fingerprint density at radius 2 is 2.12 bits per heavy atom. The lowest BCUT2D eigenvalue weighted by atomic mass is 9.97. The fourth-order valence-electron chi connectivity index (χ4n) is 2.55. The van der Waals surface area contributed by atoms with Crippen molar-refractivity contribution in [3.8, 4) is 0 Å². The molecule has 1 heterocycles. The van der Waals surface area contributed by atoms with Crippen LogP contribution in [0.4, 0.5) is 0 Å². The van der Waals surface area contributed by atoms with Crippen LogP contribution in [-0.2, 0) is 11.3 Å². The van der Waals surface area contributed by atoms with Crippen LogP contribution in [0.15, 0.2) is 24.3 Å². The van der Waals surface area contributed by atoms with Gasteiger partial charge in [0.2, 0.25) is 0 Å². The number of aliphatic carboxylic acids is 1. The molecule has 3 nitrogen and oxygen atoms in total. The third-order valence-electron chi connectivity index (χ3n) is 3.56. The van der Waals surface area contributed by atoms with Crippen molar-refractivity contribution >= 4 is 5.97 Å².